The van der Waals surface area contributed by atoms with Gasteiger partial charge in [0.1, 0.15) is 5.82 Å². The van der Waals surface area contributed by atoms with Crippen LogP contribution < -0.4 is 0 Å². The molecule has 4 heteroatoms. The fourth-order valence-electron chi connectivity index (χ4n) is 1.79. The van der Waals surface area contributed by atoms with Crippen LogP contribution >= 0.6 is 11.6 Å². The number of aromatic nitrogens is 2. The van der Waals surface area contributed by atoms with Crippen LogP contribution in [0.2, 0.25) is 5.02 Å². The molecule has 0 fully saturated rings. The number of hydrogen-bond donors (Lipinski definition) is 1. The third kappa shape index (κ3) is 2.51. The summed E-state index contributed by atoms with van der Waals surface area (Å²) in [6, 6.07) is 5.64. The number of aliphatic hydroxyl groups is 1. The van der Waals surface area contributed by atoms with Gasteiger partial charge in [-0.2, -0.15) is 0 Å². The molecule has 0 saturated heterocycles. The molecule has 0 aliphatic heterocycles. The van der Waals surface area contributed by atoms with E-state index in [1.54, 1.807) is 6.20 Å². The Bertz CT molecular complexity index is 508. The van der Waals surface area contributed by atoms with Crippen molar-refractivity contribution in [2.75, 3.05) is 0 Å². The predicted octanol–water partition coefficient (Wildman–Crippen LogP) is 2.97. The Morgan fingerprint density at radius 1 is 1.41 bits per heavy atom. The Kier molecular flexibility index (Phi) is 3.82. The molecule has 0 radical (unpaired) electrons. The van der Waals surface area contributed by atoms with Gasteiger partial charge < -0.3 is 9.67 Å². The summed E-state index contributed by atoms with van der Waals surface area (Å²) in [5.41, 5.74) is 1.72. The molecule has 1 aromatic carbocycles. The highest BCUT2D eigenvalue weighted by atomic mass is 35.5. The fraction of sp³-hybridized carbons (Fsp3) is 0.308. The molecule has 0 aliphatic carbocycles. The minimum absolute atomic E-state index is 0.0368. The zero-order valence-corrected chi connectivity index (χ0v) is 10.5. The summed E-state index contributed by atoms with van der Waals surface area (Å²) in [6.07, 6.45) is 5.71. The molecule has 2 aromatic rings. The summed E-state index contributed by atoms with van der Waals surface area (Å²) in [5.74, 6) is 1.03. The van der Waals surface area contributed by atoms with E-state index in [9.17, 15) is 0 Å². The van der Waals surface area contributed by atoms with Crippen LogP contribution in [0.15, 0.2) is 30.6 Å². The molecular weight excluding hydrogens is 236 g/mol. The second-order valence-corrected chi connectivity index (χ2v) is 4.30. The molecule has 1 heterocycles. The van der Waals surface area contributed by atoms with Gasteiger partial charge >= 0.3 is 0 Å². The summed E-state index contributed by atoms with van der Waals surface area (Å²) < 4.78 is 2.02. The molecule has 2 rings (SSSR count). The van der Waals surface area contributed by atoms with E-state index >= 15 is 0 Å². The Morgan fingerprint density at radius 3 is 2.88 bits per heavy atom. The maximum absolute atomic E-state index is 9.08. The van der Waals surface area contributed by atoms with Gasteiger partial charge in [0.15, 0.2) is 0 Å². The average Bonchev–Trinajstić information content (AvgIpc) is 2.78. The average molecular weight is 251 g/mol. The predicted molar refractivity (Wildman–Crippen MR) is 68.5 cm³/mol. The molecule has 0 saturated carbocycles. The lowest BCUT2D eigenvalue weighted by atomic mass is 10.2. The van der Waals surface area contributed by atoms with Gasteiger partial charge in [-0.05, 0) is 24.1 Å². The smallest absolute Gasteiger partial charge is 0.113 e. The van der Waals surface area contributed by atoms with Crippen LogP contribution in [-0.2, 0) is 13.0 Å². The highest BCUT2D eigenvalue weighted by Crippen LogP contribution is 2.21. The van der Waals surface area contributed by atoms with Gasteiger partial charge in [-0.3, -0.25) is 0 Å². The summed E-state index contributed by atoms with van der Waals surface area (Å²) in [5, 5.41) is 9.66. The third-order valence-corrected chi connectivity index (χ3v) is 3.03. The normalized spacial score (nSPS) is 10.8. The molecule has 1 N–H and O–H groups in total. The highest BCUT2D eigenvalue weighted by molar-refractivity contribution is 6.31. The van der Waals surface area contributed by atoms with Crippen LogP contribution in [0.5, 0.6) is 0 Å². The summed E-state index contributed by atoms with van der Waals surface area (Å²) in [4.78, 5) is 4.33. The van der Waals surface area contributed by atoms with Crippen molar-refractivity contribution in [2.45, 2.75) is 26.4 Å². The van der Waals surface area contributed by atoms with Crippen molar-refractivity contribution in [1.29, 1.82) is 0 Å². The number of aliphatic hydroxyl groups excluding tert-OH is 1. The monoisotopic (exact) mass is 250 g/mol. The number of halogens is 1. The lowest BCUT2D eigenvalue weighted by Gasteiger charge is -2.09. The number of aryl methyl sites for hydroxylation is 1. The summed E-state index contributed by atoms with van der Waals surface area (Å²) in [7, 11) is 0. The number of rotatable bonds is 4. The van der Waals surface area contributed by atoms with Crippen molar-refractivity contribution in [1.82, 2.24) is 9.55 Å². The first kappa shape index (κ1) is 12.1. The van der Waals surface area contributed by atoms with E-state index in [1.807, 2.05) is 29.0 Å². The quantitative estimate of drug-likeness (QED) is 0.906. The lowest BCUT2D eigenvalue weighted by Crippen LogP contribution is -2.00. The Labute approximate surface area is 106 Å². The first-order valence-electron chi connectivity index (χ1n) is 5.68. The van der Waals surface area contributed by atoms with Gasteiger partial charge in [0.05, 0.1) is 6.61 Å². The van der Waals surface area contributed by atoms with Crippen LogP contribution in [0.3, 0.4) is 0 Å². The summed E-state index contributed by atoms with van der Waals surface area (Å²) >= 11 is 6.08. The molecule has 17 heavy (non-hydrogen) atoms. The Morgan fingerprint density at radius 2 is 2.24 bits per heavy atom. The van der Waals surface area contributed by atoms with Crippen LogP contribution in [0.1, 0.15) is 24.7 Å². The van der Waals surface area contributed by atoms with Crippen molar-refractivity contribution < 1.29 is 5.11 Å². The second-order valence-electron chi connectivity index (χ2n) is 3.90. The zero-order valence-electron chi connectivity index (χ0n) is 9.73. The fourth-order valence-corrected chi connectivity index (χ4v) is 2.03. The topological polar surface area (TPSA) is 38.0 Å². The van der Waals surface area contributed by atoms with Crippen LogP contribution in [0.4, 0.5) is 0 Å². The van der Waals surface area contributed by atoms with Crippen LogP contribution in [0, 0.1) is 0 Å². The number of hydrogen-bond acceptors (Lipinski definition) is 2. The van der Waals surface area contributed by atoms with Crippen molar-refractivity contribution in [3.63, 3.8) is 0 Å². The van der Waals surface area contributed by atoms with E-state index in [0.29, 0.717) is 5.02 Å². The van der Waals surface area contributed by atoms with Crippen molar-refractivity contribution in [3.8, 4) is 5.69 Å². The van der Waals surface area contributed by atoms with Gasteiger partial charge in [0, 0.05) is 29.5 Å². The van der Waals surface area contributed by atoms with Crippen LogP contribution in [0.25, 0.3) is 5.69 Å². The Balaban J connectivity index is 2.39. The van der Waals surface area contributed by atoms with E-state index < -0.39 is 0 Å². The number of nitrogens with zero attached hydrogens (tertiary/aromatic N) is 2. The molecule has 0 spiro atoms. The van der Waals surface area contributed by atoms with Crippen molar-refractivity contribution in [2.24, 2.45) is 0 Å². The highest BCUT2D eigenvalue weighted by Gasteiger charge is 2.06. The largest absolute Gasteiger partial charge is 0.392 e. The van der Waals surface area contributed by atoms with E-state index in [4.69, 9.17) is 16.7 Å². The molecule has 0 aliphatic rings. The second kappa shape index (κ2) is 5.34. The van der Waals surface area contributed by atoms with E-state index in [1.165, 1.54) is 0 Å². The zero-order chi connectivity index (χ0) is 12.3. The number of imidazole rings is 1. The molecule has 1 aromatic heterocycles. The van der Waals surface area contributed by atoms with Gasteiger partial charge in [0.2, 0.25) is 0 Å². The minimum atomic E-state index is -0.0368. The van der Waals surface area contributed by atoms with E-state index in [0.717, 1.165) is 29.9 Å². The lowest BCUT2D eigenvalue weighted by molar-refractivity contribution is 0.282. The van der Waals surface area contributed by atoms with Gasteiger partial charge in [0.25, 0.3) is 0 Å². The van der Waals surface area contributed by atoms with E-state index in [-0.39, 0.29) is 6.61 Å². The minimum Gasteiger partial charge on any atom is -0.392 e. The van der Waals surface area contributed by atoms with Gasteiger partial charge in [-0.25, -0.2) is 4.98 Å². The van der Waals surface area contributed by atoms with Gasteiger partial charge in [-0.15, -0.1) is 0 Å². The molecule has 3 nitrogen and oxygen atoms in total. The van der Waals surface area contributed by atoms with Gasteiger partial charge in [-0.1, -0.05) is 24.6 Å². The molecule has 0 amide bonds. The van der Waals surface area contributed by atoms with E-state index in [2.05, 4.69) is 11.9 Å². The first-order valence-corrected chi connectivity index (χ1v) is 6.06. The maximum atomic E-state index is 9.08. The van der Waals surface area contributed by atoms with Crippen molar-refractivity contribution >= 4 is 11.6 Å². The van der Waals surface area contributed by atoms with Crippen molar-refractivity contribution in [3.05, 3.63) is 47.0 Å². The Hall–Kier alpha value is -1.32. The molecule has 0 atom stereocenters. The summed E-state index contributed by atoms with van der Waals surface area (Å²) in [6.45, 7) is 2.09. The van der Waals surface area contributed by atoms with Crippen LogP contribution in [-0.4, -0.2) is 14.7 Å². The first-order chi connectivity index (χ1) is 8.26. The number of benzene rings is 1. The molecular formula is C13H15ClN2O. The molecule has 0 bridgehead atoms. The third-order valence-electron chi connectivity index (χ3n) is 2.68. The standard InChI is InChI=1S/C13H15ClN2O/c1-2-3-13-15-6-7-16(13)11-5-4-10(9-17)12(14)8-11/h4-8,17H,2-3,9H2,1H3. The SMILES string of the molecule is CCCc1nccn1-c1ccc(CO)c(Cl)c1. The maximum Gasteiger partial charge on any atom is 0.113 e. The molecule has 90 valence electrons. The molecule has 0 unspecified atom stereocenters.